The average Bonchev–Trinajstić information content (AvgIpc) is 2.31. The summed E-state index contributed by atoms with van der Waals surface area (Å²) in [7, 11) is 3.42. The van der Waals surface area contributed by atoms with Crippen LogP contribution in [0.1, 0.15) is 36.0 Å². The number of nitrogens with two attached hydrogens (primary N) is 1. The topological polar surface area (TPSA) is 44.5 Å². The minimum atomic E-state index is 0.378. The molecule has 0 spiro atoms. The van der Waals surface area contributed by atoms with Gasteiger partial charge in [-0.3, -0.25) is 0 Å². The molecule has 3 nitrogen and oxygen atoms in total. The Balaban J connectivity index is 3.36. The standard InChI is InChI=1S/C14H23NO2/c1-9(6-7-15)13-11(3)12(16-4)8-10(2)14(13)17-5/h8-9H,6-7,15H2,1-5H3. The van der Waals surface area contributed by atoms with Gasteiger partial charge in [0.2, 0.25) is 0 Å². The summed E-state index contributed by atoms with van der Waals surface area (Å²) in [6, 6.07) is 2.02. The lowest BCUT2D eigenvalue weighted by atomic mass is 9.90. The second-order valence-electron chi connectivity index (χ2n) is 4.45. The normalized spacial score (nSPS) is 12.4. The van der Waals surface area contributed by atoms with E-state index >= 15 is 0 Å². The van der Waals surface area contributed by atoms with Gasteiger partial charge >= 0.3 is 0 Å². The maximum Gasteiger partial charge on any atom is 0.125 e. The molecule has 2 N–H and O–H groups in total. The number of aryl methyl sites for hydroxylation is 1. The van der Waals surface area contributed by atoms with Gasteiger partial charge in [0, 0.05) is 5.56 Å². The maximum atomic E-state index is 5.64. The van der Waals surface area contributed by atoms with Crippen LogP contribution in [0.15, 0.2) is 6.07 Å². The van der Waals surface area contributed by atoms with E-state index < -0.39 is 0 Å². The largest absolute Gasteiger partial charge is 0.496 e. The molecule has 0 aliphatic carbocycles. The first-order valence-electron chi connectivity index (χ1n) is 5.98. The lowest BCUT2D eigenvalue weighted by Crippen LogP contribution is -2.09. The Morgan fingerprint density at radius 2 is 1.88 bits per heavy atom. The number of methoxy groups -OCH3 is 2. The van der Waals surface area contributed by atoms with Gasteiger partial charge in [-0.2, -0.15) is 0 Å². The Bertz CT molecular complexity index is 388. The van der Waals surface area contributed by atoms with E-state index in [0.717, 1.165) is 29.0 Å². The highest BCUT2D eigenvalue weighted by atomic mass is 16.5. The third kappa shape index (κ3) is 2.72. The highest BCUT2D eigenvalue weighted by Crippen LogP contribution is 2.39. The highest BCUT2D eigenvalue weighted by molar-refractivity contribution is 5.54. The van der Waals surface area contributed by atoms with Gasteiger partial charge in [-0.25, -0.2) is 0 Å². The SMILES string of the molecule is COc1cc(C)c(OC)c(C(C)CCN)c1C. The van der Waals surface area contributed by atoms with E-state index in [1.54, 1.807) is 14.2 Å². The minimum absolute atomic E-state index is 0.378. The van der Waals surface area contributed by atoms with Crippen molar-refractivity contribution < 1.29 is 9.47 Å². The van der Waals surface area contributed by atoms with Crippen LogP contribution in [0.4, 0.5) is 0 Å². The molecule has 1 atom stereocenters. The predicted octanol–water partition coefficient (Wildman–Crippen LogP) is 2.77. The molecular formula is C14H23NO2. The molecule has 0 heterocycles. The van der Waals surface area contributed by atoms with Gasteiger partial charge in [-0.05, 0) is 49.9 Å². The number of ether oxygens (including phenoxy) is 2. The first kappa shape index (κ1) is 13.8. The van der Waals surface area contributed by atoms with Gasteiger partial charge in [-0.15, -0.1) is 0 Å². The summed E-state index contributed by atoms with van der Waals surface area (Å²) in [5.74, 6) is 2.26. The van der Waals surface area contributed by atoms with Crippen LogP contribution in [0.25, 0.3) is 0 Å². The molecule has 96 valence electrons. The first-order valence-corrected chi connectivity index (χ1v) is 5.98. The van der Waals surface area contributed by atoms with Gasteiger partial charge < -0.3 is 15.2 Å². The van der Waals surface area contributed by atoms with Crippen molar-refractivity contribution in [3.8, 4) is 11.5 Å². The molecular weight excluding hydrogens is 214 g/mol. The van der Waals surface area contributed by atoms with Crippen LogP contribution in [0.5, 0.6) is 11.5 Å². The maximum absolute atomic E-state index is 5.64. The third-order valence-corrected chi connectivity index (χ3v) is 3.24. The van der Waals surface area contributed by atoms with Gasteiger partial charge in [0.15, 0.2) is 0 Å². The Morgan fingerprint density at radius 3 is 2.35 bits per heavy atom. The Morgan fingerprint density at radius 1 is 1.24 bits per heavy atom. The zero-order valence-corrected chi connectivity index (χ0v) is 11.5. The zero-order valence-electron chi connectivity index (χ0n) is 11.5. The fourth-order valence-electron chi connectivity index (χ4n) is 2.36. The van der Waals surface area contributed by atoms with Gasteiger partial charge in [0.05, 0.1) is 14.2 Å². The number of hydrogen-bond acceptors (Lipinski definition) is 3. The van der Waals surface area contributed by atoms with Crippen LogP contribution in [-0.4, -0.2) is 20.8 Å². The van der Waals surface area contributed by atoms with Crippen LogP contribution >= 0.6 is 0 Å². The number of hydrogen-bond donors (Lipinski definition) is 1. The number of benzene rings is 1. The minimum Gasteiger partial charge on any atom is -0.496 e. The summed E-state index contributed by atoms with van der Waals surface area (Å²) in [5, 5.41) is 0. The predicted molar refractivity (Wildman–Crippen MR) is 71.1 cm³/mol. The van der Waals surface area contributed by atoms with Crippen molar-refractivity contribution in [3.63, 3.8) is 0 Å². The van der Waals surface area contributed by atoms with E-state index in [0.29, 0.717) is 12.5 Å². The number of rotatable bonds is 5. The van der Waals surface area contributed by atoms with E-state index in [1.165, 1.54) is 5.56 Å². The molecule has 1 rings (SSSR count). The molecule has 0 fully saturated rings. The van der Waals surface area contributed by atoms with E-state index in [-0.39, 0.29) is 0 Å². The van der Waals surface area contributed by atoms with Crippen molar-refractivity contribution in [2.45, 2.75) is 33.1 Å². The van der Waals surface area contributed by atoms with Crippen molar-refractivity contribution in [3.05, 3.63) is 22.8 Å². The van der Waals surface area contributed by atoms with E-state index in [1.807, 2.05) is 13.0 Å². The van der Waals surface area contributed by atoms with Crippen molar-refractivity contribution >= 4 is 0 Å². The van der Waals surface area contributed by atoms with Crippen LogP contribution in [0.3, 0.4) is 0 Å². The molecule has 0 bridgehead atoms. The molecule has 1 aromatic carbocycles. The molecule has 0 aliphatic rings. The molecule has 0 aromatic heterocycles. The van der Waals surface area contributed by atoms with E-state index in [2.05, 4.69) is 13.8 Å². The van der Waals surface area contributed by atoms with Crippen molar-refractivity contribution in [2.75, 3.05) is 20.8 Å². The van der Waals surface area contributed by atoms with Crippen molar-refractivity contribution in [1.29, 1.82) is 0 Å². The second-order valence-corrected chi connectivity index (χ2v) is 4.45. The average molecular weight is 237 g/mol. The summed E-state index contributed by atoms with van der Waals surface area (Å²) in [4.78, 5) is 0. The molecule has 1 aromatic rings. The Labute approximate surface area is 104 Å². The summed E-state index contributed by atoms with van der Waals surface area (Å²) in [5.41, 5.74) is 9.12. The first-order chi connectivity index (χ1) is 8.06. The van der Waals surface area contributed by atoms with Gasteiger partial charge in [0.25, 0.3) is 0 Å². The van der Waals surface area contributed by atoms with Crippen LogP contribution < -0.4 is 15.2 Å². The van der Waals surface area contributed by atoms with Gasteiger partial charge in [-0.1, -0.05) is 6.92 Å². The molecule has 0 saturated carbocycles. The lowest BCUT2D eigenvalue weighted by Gasteiger charge is -2.21. The smallest absolute Gasteiger partial charge is 0.125 e. The van der Waals surface area contributed by atoms with E-state index in [9.17, 15) is 0 Å². The third-order valence-electron chi connectivity index (χ3n) is 3.24. The second kappa shape index (κ2) is 5.92. The molecule has 0 aliphatic heterocycles. The van der Waals surface area contributed by atoms with Crippen LogP contribution in [0, 0.1) is 13.8 Å². The van der Waals surface area contributed by atoms with Crippen LogP contribution in [0.2, 0.25) is 0 Å². The quantitative estimate of drug-likeness (QED) is 0.856. The summed E-state index contributed by atoms with van der Waals surface area (Å²) >= 11 is 0. The fraction of sp³-hybridized carbons (Fsp3) is 0.571. The summed E-state index contributed by atoms with van der Waals surface area (Å²) < 4.78 is 10.9. The molecule has 0 radical (unpaired) electrons. The summed E-state index contributed by atoms with van der Waals surface area (Å²) in [6.07, 6.45) is 0.948. The molecule has 1 unspecified atom stereocenters. The Kier molecular flexibility index (Phi) is 4.82. The molecule has 3 heteroatoms. The molecule has 0 amide bonds. The fourth-order valence-corrected chi connectivity index (χ4v) is 2.36. The van der Waals surface area contributed by atoms with E-state index in [4.69, 9.17) is 15.2 Å². The van der Waals surface area contributed by atoms with Crippen molar-refractivity contribution in [1.82, 2.24) is 0 Å². The monoisotopic (exact) mass is 237 g/mol. The molecule has 17 heavy (non-hydrogen) atoms. The van der Waals surface area contributed by atoms with Crippen molar-refractivity contribution in [2.24, 2.45) is 5.73 Å². The Hall–Kier alpha value is -1.22. The molecule has 0 saturated heterocycles. The highest BCUT2D eigenvalue weighted by Gasteiger charge is 2.19. The lowest BCUT2D eigenvalue weighted by molar-refractivity contribution is 0.389. The van der Waals surface area contributed by atoms with Crippen LogP contribution in [-0.2, 0) is 0 Å². The zero-order chi connectivity index (χ0) is 13.0. The van der Waals surface area contributed by atoms with Gasteiger partial charge in [0.1, 0.15) is 11.5 Å². The summed E-state index contributed by atoms with van der Waals surface area (Å²) in [6.45, 7) is 6.97.